The summed E-state index contributed by atoms with van der Waals surface area (Å²) in [6, 6.07) is 0. The highest BCUT2D eigenvalue weighted by molar-refractivity contribution is 7.99. The third-order valence-electron chi connectivity index (χ3n) is 1.67. The zero-order valence-electron chi connectivity index (χ0n) is 7.86. The molecule has 0 spiro atoms. The topological polar surface area (TPSA) is 12.0 Å². The van der Waals surface area contributed by atoms with E-state index >= 15 is 0 Å². The third kappa shape index (κ3) is 10.3. The predicted molar refractivity (Wildman–Crippen MR) is 55.4 cm³/mol. The van der Waals surface area contributed by atoms with Gasteiger partial charge in [0.25, 0.3) is 0 Å². The number of hydrogen-bond donors (Lipinski definition) is 1. The smallest absolute Gasteiger partial charge is 0.00519 e. The van der Waals surface area contributed by atoms with Gasteiger partial charge in [-0.25, -0.2) is 0 Å². The van der Waals surface area contributed by atoms with Crippen LogP contribution in [0, 0.1) is 0 Å². The summed E-state index contributed by atoms with van der Waals surface area (Å²) in [6.45, 7) is 3.41. The van der Waals surface area contributed by atoms with Crippen molar-refractivity contribution in [1.29, 1.82) is 0 Å². The number of unbranched alkanes of at least 4 members (excludes halogenated alkanes) is 3. The lowest BCUT2D eigenvalue weighted by Gasteiger charge is -1.99. The summed E-state index contributed by atoms with van der Waals surface area (Å²) in [6.07, 6.45) is 5.55. The van der Waals surface area contributed by atoms with E-state index in [4.69, 9.17) is 0 Å². The molecule has 0 aliphatic heterocycles. The quantitative estimate of drug-likeness (QED) is 0.569. The Labute approximate surface area is 75.3 Å². The Morgan fingerprint density at radius 1 is 1.09 bits per heavy atom. The largest absolute Gasteiger partial charge is 0.320 e. The summed E-state index contributed by atoms with van der Waals surface area (Å²) in [4.78, 5) is 0. The fraction of sp³-hybridized carbons (Fsp3) is 1.00. The molecule has 1 N–H and O–H groups in total. The second kappa shape index (κ2) is 10.3. The molecule has 1 nitrogen and oxygen atoms in total. The summed E-state index contributed by atoms with van der Waals surface area (Å²) in [7, 11) is 2.02. The Morgan fingerprint density at radius 2 is 1.82 bits per heavy atom. The molecule has 0 rings (SSSR count). The maximum Gasteiger partial charge on any atom is -0.00519 e. The fourth-order valence-corrected chi connectivity index (χ4v) is 1.70. The second-order valence-electron chi connectivity index (χ2n) is 2.71. The van der Waals surface area contributed by atoms with Gasteiger partial charge >= 0.3 is 0 Å². The Kier molecular flexibility index (Phi) is 10.6. The fourth-order valence-electron chi connectivity index (χ4n) is 1.00. The van der Waals surface area contributed by atoms with Gasteiger partial charge in [0.2, 0.25) is 0 Å². The summed E-state index contributed by atoms with van der Waals surface area (Å²) in [5.41, 5.74) is 0. The van der Waals surface area contributed by atoms with Gasteiger partial charge < -0.3 is 5.32 Å². The SMILES string of the molecule is CCSCCCCCCNC. The van der Waals surface area contributed by atoms with Crippen LogP contribution < -0.4 is 5.32 Å². The second-order valence-corrected chi connectivity index (χ2v) is 4.11. The molecule has 0 saturated heterocycles. The Hall–Kier alpha value is 0.310. The summed E-state index contributed by atoms with van der Waals surface area (Å²) < 4.78 is 0. The first kappa shape index (κ1) is 11.3. The van der Waals surface area contributed by atoms with Gasteiger partial charge in [0, 0.05) is 0 Å². The monoisotopic (exact) mass is 175 g/mol. The van der Waals surface area contributed by atoms with Gasteiger partial charge in [-0.05, 0) is 37.9 Å². The standard InChI is InChI=1S/C9H21NS/c1-3-11-9-7-5-4-6-8-10-2/h10H,3-9H2,1-2H3. The van der Waals surface area contributed by atoms with Crippen molar-refractivity contribution in [3.63, 3.8) is 0 Å². The van der Waals surface area contributed by atoms with Gasteiger partial charge in [-0.15, -0.1) is 0 Å². The molecule has 11 heavy (non-hydrogen) atoms. The molecule has 0 aliphatic rings. The molecule has 0 aromatic carbocycles. The van der Waals surface area contributed by atoms with Gasteiger partial charge in [-0.3, -0.25) is 0 Å². The minimum atomic E-state index is 1.18. The maximum absolute atomic E-state index is 3.16. The highest BCUT2D eigenvalue weighted by Gasteiger charge is 1.88. The van der Waals surface area contributed by atoms with Crippen molar-refractivity contribution >= 4 is 11.8 Å². The molecule has 0 radical (unpaired) electrons. The maximum atomic E-state index is 3.16. The average Bonchev–Trinajstić information content (AvgIpc) is 2.03. The molecule has 2 heteroatoms. The summed E-state index contributed by atoms with van der Waals surface area (Å²) in [5, 5.41) is 3.16. The van der Waals surface area contributed by atoms with E-state index < -0.39 is 0 Å². The van der Waals surface area contributed by atoms with Crippen LogP contribution in [0.15, 0.2) is 0 Å². The minimum absolute atomic E-state index is 1.18. The summed E-state index contributed by atoms with van der Waals surface area (Å²) in [5.74, 6) is 2.63. The lowest BCUT2D eigenvalue weighted by Crippen LogP contribution is -2.06. The van der Waals surface area contributed by atoms with Gasteiger partial charge in [0.1, 0.15) is 0 Å². The van der Waals surface area contributed by atoms with Gasteiger partial charge in [0.05, 0.1) is 0 Å². The Balaban J connectivity index is 2.69. The normalized spacial score (nSPS) is 10.4. The van der Waals surface area contributed by atoms with Crippen LogP contribution in [0.25, 0.3) is 0 Å². The molecule has 0 aliphatic carbocycles. The average molecular weight is 175 g/mol. The highest BCUT2D eigenvalue weighted by Crippen LogP contribution is 2.06. The van der Waals surface area contributed by atoms with Crippen LogP contribution >= 0.6 is 11.8 Å². The van der Waals surface area contributed by atoms with E-state index in [-0.39, 0.29) is 0 Å². The van der Waals surface area contributed by atoms with Crippen molar-refractivity contribution in [1.82, 2.24) is 5.32 Å². The van der Waals surface area contributed by atoms with E-state index in [1.165, 1.54) is 43.7 Å². The molecule has 0 aromatic heterocycles. The molecular weight excluding hydrogens is 154 g/mol. The van der Waals surface area contributed by atoms with Gasteiger partial charge in [0.15, 0.2) is 0 Å². The van der Waals surface area contributed by atoms with Gasteiger partial charge in [-0.1, -0.05) is 19.8 Å². The molecule has 0 bridgehead atoms. The summed E-state index contributed by atoms with van der Waals surface area (Å²) >= 11 is 2.06. The Bertz CT molecular complexity index is 58.6. The number of nitrogens with one attached hydrogen (secondary N) is 1. The van der Waals surface area contributed by atoms with E-state index in [1.54, 1.807) is 0 Å². The first-order valence-corrected chi connectivity index (χ1v) is 5.79. The van der Waals surface area contributed by atoms with Crippen molar-refractivity contribution in [2.24, 2.45) is 0 Å². The lowest BCUT2D eigenvalue weighted by atomic mass is 10.2. The van der Waals surface area contributed by atoms with Crippen LogP contribution in [0.1, 0.15) is 32.6 Å². The first-order chi connectivity index (χ1) is 5.41. The van der Waals surface area contributed by atoms with Gasteiger partial charge in [-0.2, -0.15) is 11.8 Å². The lowest BCUT2D eigenvalue weighted by molar-refractivity contribution is 0.637. The molecule has 68 valence electrons. The van der Waals surface area contributed by atoms with E-state index in [0.717, 1.165) is 0 Å². The molecule has 0 amide bonds. The first-order valence-electron chi connectivity index (χ1n) is 4.64. The van der Waals surface area contributed by atoms with Crippen LogP contribution in [0.5, 0.6) is 0 Å². The van der Waals surface area contributed by atoms with Crippen LogP contribution in [0.4, 0.5) is 0 Å². The van der Waals surface area contributed by atoms with E-state index in [0.29, 0.717) is 0 Å². The predicted octanol–water partition coefficient (Wildman–Crippen LogP) is 2.52. The van der Waals surface area contributed by atoms with Crippen LogP contribution in [-0.2, 0) is 0 Å². The van der Waals surface area contributed by atoms with E-state index in [1.807, 2.05) is 7.05 Å². The molecular formula is C9H21NS. The number of hydrogen-bond acceptors (Lipinski definition) is 2. The molecule has 0 aromatic rings. The molecule has 0 saturated carbocycles. The highest BCUT2D eigenvalue weighted by atomic mass is 32.2. The molecule has 0 fully saturated rings. The van der Waals surface area contributed by atoms with Crippen LogP contribution in [0.2, 0.25) is 0 Å². The molecule has 0 atom stereocenters. The van der Waals surface area contributed by atoms with Crippen molar-refractivity contribution in [3.05, 3.63) is 0 Å². The number of thioether (sulfide) groups is 1. The molecule has 0 unspecified atom stereocenters. The van der Waals surface area contributed by atoms with Crippen LogP contribution in [0.3, 0.4) is 0 Å². The van der Waals surface area contributed by atoms with Crippen molar-refractivity contribution in [2.45, 2.75) is 32.6 Å². The van der Waals surface area contributed by atoms with Crippen LogP contribution in [-0.4, -0.2) is 25.1 Å². The van der Waals surface area contributed by atoms with Crippen molar-refractivity contribution < 1.29 is 0 Å². The van der Waals surface area contributed by atoms with E-state index in [9.17, 15) is 0 Å². The zero-order chi connectivity index (χ0) is 8.36. The zero-order valence-corrected chi connectivity index (χ0v) is 8.67. The third-order valence-corrected chi connectivity index (χ3v) is 2.66. The van der Waals surface area contributed by atoms with Crippen molar-refractivity contribution in [3.8, 4) is 0 Å². The number of rotatable bonds is 8. The van der Waals surface area contributed by atoms with Crippen molar-refractivity contribution in [2.75, 3.05) is 25.1 Å². The minimum Gasteiger partial charge on any atom is -0.320 e. The Morgan fingerprint density at radius 3 is 2.45 bits per heavy atom. The van der Waals surface area contributed by atoms with E-state index in [2.05, 4.69) is 24.0 Å². The molecule has 0 heterocycles.